The van der Waals surface area contributed by atoms with Gasteiger partial charge in [-0.05, 0) is 11.6 Å². The zero-order chi connectivity index (χ0) is 11.7. The molecule has 0 aromatic carbocycles. The summed E-state index contributed by atoms with van der Waals surface area (Å²) in [6, 6.07) is 3.35. The molecule has 0 bridgehead atoms. The van der Waals surface area contributed by atoms with Gasteiger partial charge in [0.25, 0.3) is 0 Å². The van der Waals surface area contributed by atoms with Crippen molar-refractivity contribution in [2.45, 2.75) is 12.5 Å². The summed E-state index contributed by atoms with van der Waals surface area (Å²) in [5, 5.41) is 0. The van der Waals surface area contributed by atoms with Gasteiger partial charge in [0.05, 0.1) is 12.0 Å². The van der Waals surface area contributed by atoms with Crippen LogP contribution < -0.4 is 5.73 Å². The molecule has 84 valence electrons. The zero-order valence-electron chi connectivity index (χ0n) is 8.96. The van der Waals surface area contributed by atoms with Gasteiger partial charge in [-0.2, -0.15) is 0 Å². The number of primary amides is 1. The molecule has 2 N–H and O–H groups in total. The van der Waals surface area contributed by atoms with Gasteiger partial charge in [-0.15, -0.1) is 0 Å². The number of rotatable bonds is 2. The highest BCUT2D eigenvalue weighted by Crippen LogP contribution is 2.36. The maximum Gasteiger partial charge on any atom is 0.223 e. The molecular weight excluding hydrogens is 206 g/mol. The third kappa shape index (κ3) is 1.64. The first-order valence-corrected chi connectivity index (χ1v) is 5.06. The quantitative estimate of drug-likeness (QED) is 0.765. The fourth-order valence-electron chi connectivity index (χ4n) is 2.13. The molecule has 0 aliphatic carbocycles. The number of amides is 2. The molecule has 1 saturated heterocycles. The standard InChI is InChI=1S/C11H13N3O2/c1-14-9(15)5-8(11(12)16)10(14)7-3-2-4-13-6-7/h2-4,6,8,10H,5H2,1H3,(H2,12,16)/t8-,10+/m1/s1. The van der Waals surface area contributed by atoms with E-state index in [0.29, 0.717) is 0 Å². The lowest BCUT2D eigenvalue weighted by atomic mass is 9.94. The Bertz CT molecular complexity index is 418. The third-order valence-electron chi connectivity index (χ3n) is 2.98. The van der Waals surface area contributed by atoms with Crippen molar-refractivity contribution >= 4 is 11.8 Å². The second kappa shape index (κ2) is 3.92. The Morgan fingerprint density at radius 2 is 2.38 bits per heavy atom. The van der Waals surface area contributed by atoms with Crippen LogP contribution in [-0.4, -0.2) is 28.7 Å². The van der Waals surface area contributed by atoms with Crippen LogP contribution in [0.15, 0.2) is 24.5 Å². The van der Waals surface area contributed by atoms with Gasteiger partial charge < -0.3 is 10.6 Å². The number of carbonyl (C=O) groups is 2. The maximum absolute atomic E-state index is 11.6. The summed E-state index contributed by atoms with van der Waals surface area (Å²) in [6.07, 6.45) is 3.50. The third-order valence-corrected chi connectivity index (χ3v) is 2.98. The van der Waals surface area contributed by atoms with Crippen LogP contribution in [0, 0.1) is 5.92 Å². The molecule has 1 aliphatic heterocycles. The van der Waals surface area contributed by atoms with Crippen molar-refractivity contribution in [1.82, 2.24) is 9.88 Å². The Morgan fingerprint density at radius 1 is 1.62 bits per heavy atom. The van der Waals surface area contributed by atoms with Crippen LogP contribution in [0.1, 0.15) is 18.0 Å². The summed E-state index contributed by atoms with van der Waals surface area (Å²) in [5.74, 6) is -0.953. The minimum absolute atomic E-state index is 0.0577. The van der Waals surface area contributed by atoms with Gasteiger partial charge in [-0.25, -0.2) is 0 Å². The molecule has 2 atom stereocenters. The summed E-state index contributed by atoms with van der Waals surface area (Å²) >= 11 is 0. The monoisotopic (exact) mass is 219 g/mol. The van der Waals surface area contributed by atoms with E-state index >= 15 is 0 Å². The van der Waals surface area contributed by atoms with E-state index in [0.717, 1.165) is 5.56 Å². The highest BCUT2D eigenvalue weighted by molar-refractivity contribution is 5.89. The van der Waals surface area contributed by atoms with E-state index < -0.39 is 11.8 Å². The van der Waals surface area contributed by atoms with Crippen LogP contribution in [0.4, 0.5) is 0 Å². The van der Waals surface area contributed by atoms with E-state index in [4.69, 9.17) is 5.73 Å². The largest absolute Gasteiger partial charge is 0.369 e. The van der Waals surface area contributed by atoms with Gasteiger partial charge in [-0.3, -0.25) is 14.6 Å². The highest BCUT2D eigenvalue weighted by atomic mass is 16.2. The van der Waals surface area contributed by atoms with E-state index in [2.05, 4.69) is 4.98 Å². The van der Waals surface area contributed by atoms with Crippen molar-refractivity contribution in [3.63, 3.8) is 0 Å². The Hall–Kier alpha value is -1.91. The molecule has 1 aromatic rings. The van der Waals surface area contributed by atoms with Gasteiger partial charge in [0, 0.05) is 25.9 Å². The molecule has 0 saturated carbocycles. The smallest absolute Gasteiger partial charge is 0.223 e. The summed E-state index contributed by atoms with van der Waals surface area (Å²) in [4.78, 5) is 28.4. The minimum Gasteiger partial charge on any atom is -0.369 e. The number of carbonyl (C=O) groups excluding carboxylic acids is 2. The van der Waals surface area contributed by atoms with Crippen molar-refractivity contribution in [2.24, 2.45) is 11.7 Å². The zero-order valence-corrected chi connectivity index (χ0v) is 8.96. The minimum atomic E-state index is -0.457. The molecular formula is C11H13N3O2. The number of hydrogen-bond donors (Lipinski definition) is 1. The van der Waals surface area contributed by atoms with Crippen molar-refractivity contribution in [2.75, 3.05) is 7.05 Å². The number of likely N-dealkylation sites (tertiary alicyclic amines) is 1. The lowest BCUT2D eigenvalue weighted by Crippen LogP contribution is -2.30. The van der Waals surface area contributed by atoms with E-state index in [9.17, 15) is 9.59 Å². The fourth-order valence-corrected chi connectivity index (χ4v) is 2.13. The Morgan fingerprint density at radius 3 is 2.94 bits per heavy atom. The van der Waals surface area contributed by atoms with Crippen LogP contribution in [0.2, 0.25) is 0 Å². The highest BCUT2D eigenvalue weighted by Gasteiger charge is 2.41. The van der Waals surface area contributed by atoms with Crippen molar-refractivity contribution in [1.29, 1.82) is 0 Å². The SMILES string of the molecule is CN1C(=O)C[C@@H](C(N)=O)[C@@H]1c1cccnc1. The number of hydrogen-bond acceptors (Lipinski definition) is 3. The van der Waals surface area contributed by atoms with E-state index in [1.54, 1.807) is 30.4 Å². The normalized spacial score (nSPS) is 24.8. The molecule has 1 fully saturated rings. The maximum atomic E-state index is 11.6. The van der Waals surface area contributed by atoms with Crippen molar-refractivity contribution < 1.29 is 9.59 Å². The number of pyridine rings is 1. The first-order chi connectivity index (χ1) is 7.61. The molecule has 1 aromatic heterocycles. The van der Waals surface area contributed by atoms with E-state index in [1.807, 2.05) is 6.07 Å². The van der Waals surface area contributed by atoms with Crippen LogP contribution in [0.5, 0.6) is 0 Å². The summed E-state index contributed by atoms with van der Waals surface area (Å²) in [7, 11) is 1.68. The first-order valence-electron chi connectivity index (χ1n) is 5.06. The Balaban J connectivity index is 2.37. The van der Waals surface area contributed by atoms with Crippen LogP contribution in [-0.2, 0) is 9.59 Å². The number of nitrogens with two attached hydrogens (primary N) is 1. The number of aromatic nitrogens is 1. The van der Waals surface area contributed by atoms with Crippen molar-refractivity contribution in [3.05, 3.63) is 30.1 Å². The first kappa shape index (κ1) is 10.6. The molecule has 2 amide bonds. The Kier molecular flexibility index (Phi) is 2.60. The van der Waals surface area contributed by atoms with Gasteiger partial charge in [0.15, 0.2) is 0 Å². The summed E-state index contributed by atoms with van der Waals surface area (Å²) in [6.45, 7) is 0. The van der Waals surface area contributed by atoms with Gasteiger partial charge >= 0.3 is 0 Å². The molecule has 5 heteroatoms. The molecule has 0 unspecified atom stereocenters. The molecule has 0 radical (unpaired) electrons. The van der Waals surface area contributed by atoms with E-state index in [1.165, 1.54) is 0 Å². The van der Waals surface area contributed by atoms with E-state index in [-0.39, 0.29) is 18.4 Å². The van der Waals surface area contributed by atoms with Crippen LogP contribution in [0.3, 0.4) is 0 Å². The molecule has 1 aliphatic rings. The fraction of sp³-hybridized carbons (Fsp3) is 0.364. The van der Waals surface area contributed by atoms with Crippen molar-refractivity contribution in [3.8, 4) is 0 Å². The molecule has 0 spiro atoms. The molecule has 16 heavy (non-hydrogen) atoms. The predicted octanol–water partition coefficient (Wildman–Crippen LogP) is 0.0863. The lowest BCUT2D eigenvalue weighted by Gasteiger charge is -2.23. The lowest BCUT2D eigenvalue weighted by molar-refractivity contribution is -0.128. The topological polar surface area (TPSA) is 76.3 Å². The average molecular weight is 219 g/mol. The van der Waals surface area contributed by atoms with Crippen LogP contribution in [0.25, 0.3) is 0 Å². The average Bonchev–Trinajstić information content (AvgIpc) is 2.57. The molecule has 5 nitrogen and oxygen atoms in total. The Labute approximate surface area is 93.3 Å². The van der Waals surface area contributed by atoms with Gasteiger partial charge in [-0.1, -0.05) is 6.07 Å². The second-order valence-corrected chi connectivity index (χ2v) is 3.95. The molecule has 2 rings (SSSR count). The van der Waals surface area contributed by atoms with Crippen LogP contribution >= 0.6 is 0 Å². The van der Waals surface area contributed by atoms with Gasteiger partial charge in [0.2, 0.25) is 11.8 Å². The predicted molar refractivity (Wildman–Crippen MR) is 57.0 cm³/mol. The number of nitrogens with zero attached hydrogens (tertiary/aromatic N) is 2. The second-order valence-electron chi connectivity index (χ2n) is 3.95. The summed E-state index contributed by atoms with van der Waals surface area (Å²) in [5.41, 5.74) is 6.16. The summed E-state index contributed by atoms with van der Waals surface area (Å²) < 4.78 is 0. The molecule has 2 heterocycles. The van der Waals surface area contributed by atoms with Gasteiger partial charge in [0.1, 0.15) is 0 Å².